The van der Waals surface area contributed by atoms with Crippen LogP contribution in [0.15, 0.2) is 66.7 Å². The molecule has 6 nitrogen and oxygen atoms in total. The summed E-state index contributed by atoms with van der Waals surface area (Å²) in [5.41, 5.74) is 3.61. The highest BCUT2D eigenvalue weighted by Gasteiger charge is 2.26. The van der Waals surface area contributed by atoms with Gasteiger partial charge in [-0.3, -0.25) is 9.69 Å². The molecule has 37 heavy (non-hydrogen) atoms. The number of methoxy groups -OCH3 is 1. The van der Waals surface area contributed by atoms with E-state index < -0.39 is 5.82 Å². The summed E-state index contributed by atoms with van der Waals surface area (Å²) in [6.45, 7) is 5.30. The molecular weight excluding hydrogens is 495 g/mol. The molecule has 1 heterocycles. The van der Waals surface area contributed by atoms with Crippen LogP contribution in [0.1, 0.15) is 43.5 Å². The third-order valence-electron chi connectivity index (χ3n) is 6.58. The molecule has 194 valence electrons. The average Bonchev–Trinajstić information content (AvgIpc) is 2.92. The number of rotatable bonds is 8. The number of ether oxygens (including phenoxy) is 2. The van der Waals surface area contributed by atoms with Crippen molar-refractivity contribution < 1.29 is 23.5 Å². The van der Waals surface area contributed by atoms with Gasteiger partial charge in [0.2, 0.25) is 0 Å². The largest absolute Gasteiger partial charge is 0.465 e. The molecular formula is C29H30ClFN2O4. The van der Waals surface area contributed by atoms with E-state index in [4.69, 9.17) is 21.1 Å². The number of halogens is 2. The lowest BCUT2D eigenvalue weighted by Gasteiger charge is -2.36. The fourth-order valence-corrected chi connectivity index (χ4v) is 4.47. The molecule has 1 aliphatic heterocycles. The van der Waals surface area contributed by atoms with Crippen LogP contribution in [-0.2, 0) is 16.1 Å². The van der Waals surface area contributed by atoms with Crippen molar-refractivity contribution in [1.29, 1.82) is 0 Å². The van der Waals surface area contributed by atoms with Crippen LogP contribution in [0.5, 0.6) is 0 Å². The second-order valence-electron chi connectivity index (χ2n) is 9.09. The maximum absolute atomic E-state index is 13.7. The monoisotopic (exact) mass is 524 g/mol. The summed E-state index contributed by atoms with van der Waals surface area (Å²) in [7, 11) is 1.36. The first kappa shape index (κ1) is 26.8. The highest BCUT2D eigenvalue weighted by Crippen LogP contribution is 2.24. The van der Waals surface area contributed by atoms with Crippen LogP contribution < -0.4 is 0 Å². The Balaban J connectivity index is 1.39. The number of hydrogen-bond acceptors (Lipinski definition) is 5. The van der Waals surface area contributed by atoms with Gasteiger partial charge in [0, 0.05) is 43.3 Å². The Kier molecular flexibility index (Phi) is 8.92. The number of amides is 1. The van der Waals surface area contributed by atoms with E-state index in [0.717, 1.165) is 16.7 Å². The summed E-state index contributed by atoms with van der Waals surface area (Å²) in [4.78, 5) is 28.7. The SMILES string of the molecule is COC(=O)c1ccc(CO[C@@H](CN2CCN(C(=O)c3cc(F)ccc3C)CC2)c2ccc(Cl)cc2)cc1. The Hall–Kier alpha value is -3.26. The fraction of sp³-hybridized carbons (Fsp3) is 0.310. The topological polar surface area (TPSA) is 59.1 Å². The summed E-state index contributed by atoms with van der Waals surface area (Å²) in [5.74, 6) is -0.926. The molecule has 0 spiro atoms. The molecule has 1 aliphatic rings. The van der Waals surface area contributed by atoms with Gasteiger partial charge in [-0.25, -0.2) is 9.18 Å². The lowest BCUT2D eigenvalue weighted by atomic mass is 10.1. The van der Waals surface area contributed by atoms with Crippen molar-refractivity contribution in [2.45, 2.75) is 19.6 Å². The minimum Gasteiger partial charge on any atom is -0.465 e. The van der Waals surface area contributed by atoms with Gasteiger partial charge in [0.25, 0.3) is 5.91 Å². The molecule has 0 bridgehead atoms. The van der Waals surface area contributed by atoms with E-state index in [1.54, 1.807) is 23.1 Å². The van der Waals surface area contributed by atoms with E-state index in [1.807, 2.05) is 43.3 Å². The van der Waals surface area contributed by atoms with Crippen molar-refractivity contribution in [2.75, 3.05) is 39.8 Å². The molecule has 1 amide bonds. The van der Waals surface area contributed by atoms with Crippen LogP contribution >= 0.6 is 11.6 Å². The van der Waals surface area contributed by atoms with Crippen molar-refractivity contribution in [3.63, 3.8) is 0 Å². The molecule has 0 aromatic heterocycles. The summed E-state index contributed by atoms with van der Waals surface area (Å²) in [6, 6.07) is 19.1. The average molecular weight is 525 g/mol. The standard InChI is InChI=1S/C29H30ClFN2O4/c1-20-3-12-25(31)17-26(20)28(34)33-15-13-32(14-16-33)18-27(22-8-10-24(30)11-9-22)37-19-21-4-6-23(7-5-21)29(35)36-2/h3-12,17,27H,13-16,18-19H2,1-2H3/t27-/m0/s1. The van der Waals surface area contributed by atoms with E-state index >= 15 is 0 Å². The first-order valence-electron chi connectivity index (χ1n) is 12.2. The first-order valence-corrected chi connectivity index (χ1v) is 12.5. The van der Waals surface area contributed by atoms with E-state index in [-0.39, 0.29) is 18.0 Å². The van der Waals surface area contributed by atoms with Gasteiger partial charge in [-0.2, -0.15) is 0 Å². The predicted octanol–water partition coefficient (Wildman–Crippen LogP) is 5.29. The third kappa shape index (κ3) is 6.95. The Labute approximate surface area is 221 Å². The molecule has 0 radical (unpaired) electrons. The lowest BCUT2D eigenvalue weighted by Crippen LogP contribution is -2.49. The van der Waals surface area contributed by atoms with Crippen molar-refractivity contribution in [2.24, 2.45) is 0 Å². The summed E-state index contributed by atoms with van der Waals surface area (Å²) < 4.78 is 24.8. The third-order valence-corrected chi connectivity index (χ3v) is 6.83. The Bertz CT molecular complexity index is 1230. The van der Waals surface area contributed by atoms with E-state index in [2.05, 4.69) is 4.90 Å². The normalized spacial score (nSPS) is 14.9. The quantitative estimate of drug-likeness (QED) is 0.375. The molecule has 0 saturated carbocycles. The van der Waals surface area contributed by atoms with Gasteiger partial charge in [0.15, 0.2) is 0 Å². The van der Waals surface area contributed by atoms with Crippen LogP contribution in [0.25, 0.3) is 0 Å². The molecule has 1 saturated heterocycles. The molecule has 8 heteroatoms. The summed E-state index contributed by atoms with van der Waals surface area (Å²) in [6.07, 6.45) is -0.217. The molecule has 0 unspecified atom stereocenters. The van der Waals surface area contributed by atoms with E-state index in [1.165, 1.54) is 19.2 Å². The van der Waals surface area contributed by atoms with Crippen LogP contribution in [0.3, 0.4) is 0 Å². The Morgan fingerprint density at radius 3 is 2.30 bits per heavy atom. The lowest BCUT2D eigenvalue weighted by molar-refractivity contribution is 0.00339. The molecule has 0 N–H and O–H groups in total. The number of piperazine rings is 1. The maximum atomic E-state index is 13.7. The van der Waals surface area contributed by atoms with Crippen LogP contribution in [0.4, 0.5) is 4.39 Å². The maximum Gasteiger partial charge on any atom is 0.337 e. The van der Waals surface area contributed by atoms with Gasteiger partial charge < -0.3 is 14.4 Å². The van der Waals surface area contributed by atoms with Crippen LogP contribution in [-0.4, -0.2) is 61.5 Å². The Morgan fingerprint density at radius 1 is 0.973 bits per heavy atom. The van der Waals surface area contributed by atoms with Gasteiger partial charge in [-0.05, 0) is 60.0 Å². The molecule has 4 rings (SSSR count). The Morgan fingerprint density at radius 2 is 1.65 bits per heavy atom. The van der Waals surface area contributed by atoms with Gasteiger partial charge in [-0.1, -0.05) is 41.9 Å². The fourth-order valence-electron chi connectivity index (χ4n) is 4.35. The number of hydrogen-bond donors (Lipinski definition) is 0. The predicted molar refractivity (Wildman–Crippen MR) is 140 cm³/mol. The van der Waals surface area contributed by atoms with Crippen molar-refractivity contribution in [1.82, 2.24) is 9.80 Å². The van der Waals surface area contributed by atoms with Crippen molar-refractivity contribution in [3.8, 4) is 0 Å². The summed E-state index contributed by atoms with van der Waals surface area (Å²) in [5, 5.41) is 0.653. The van der Waals surface area contributed by atoms with Gasteiger partial charge >= 0.3 is 5.97 Å². The van der Waals surface area contributed by atoms with E-state index in [9.17, 15) is 14.0 Å². The smallest absolute Gasteiger partial charge is 0.337 e. The summed E-state index contributed by atoms with van der Waals surface area (Å²) >= 11 is 6.10. The van der Waals surface area contributed by atoms with Crippen molar-refractivity contribution in [3.05, 3.63) is 105 Å². The number of aryl methyl sites for hydroxylation is 1. The molecule has 3 aromatic rings. The minimum atomic E-state index is -0.407. The van der Waals surface area contributed by atoms with Crippen LogP contribution in [0.2, 0.25) is 5.02 Å². The number of nitrogens with zero attached hydrogens (tertiary/aromatic N) is 2. The second-order valence-corrected chi connectivity index (χ2v) is 9.53. The van der Waals surface area contributed by atoms with E-state index in [0.29, 0.717) is 55.5 Å². The van der Waals surface area contributed by atoms with Gasteiger partial charge in [0.1, 0.15) is 5.82 Å². The molecule has 1 atom stereocenters. The van der Waals surface area contributed by atoms with Gasteiger partial charge in [-0.15, -0.1) is 0 Å². The number of benzene rings is 3. The highest BCUT2D eigenvalue weighted by atomic mass is 35.5. The van der Waals surface area contributed by atoms with Gasteiger partial charge in [0.05, 0.1) is 25.4 Å². The van der Waals surface area contributed by atoms with Crippen LogP contribution in [0, 0.1) is 12.7 Å². The zero-order valence-corrected chi connectivity index (χ0v) is 21.7. The minimum absolute atomic E-state index is 0.141. The van der Waals surface area contributed by atoms with Crippen molar-refractivity contribution >= 4 is 23.5 Å². The number of carbonyl (C=O) groups is 2. The second kappa shape index (κ2) is 12.3. The first-order chi connectivity index (χ1) is 17.8. The molecule has 1 fully saturated rings. The zero-order valence-electron chi connectivity index (χ0n) is 21.0. The number of carbonyl (C=O) groups excluding carboxylic acids is 2. The molecule has 0 aliphatic carbocycles. The number of esters is 1. The highest BCUT2D eigenvalue weighted by molar-refractivity contribution is 6.30. The zero-order chi connectivity index (χ0) is 26.4. The molecule has 3 aromatic carbocycles.